The highest BCUT2D eigenvalue weighted by Gasteiger charge is 2.12. The molecular formula is C22H22N6S. The summed E-state index contributed by atoms with van der Waals surface area (Å²) in [7, 11) is 0. The van der Waals surface area contributed by atoms with Crippen molar-refractivity contribution in [3.8, 4) is 11.4 Å². The van der Waals surface area contributed by atoms with Crippen LogP contribution in [0.4, 0.5) is 5.95 Å². The first-order valence-corrected chi connectivity index (χ1v) is 10.6. The number of nitrogens with zero attached hydrogens (tertiary/aromatic N) is 6. The first kappa shape index (κ1) is 19.1. The lowest BCUT2D eigenvalue weighted by Gasteiger charge is -2.22. The topological polar surface area (TPSA) is 67.7 Å². The molecule has 0 amide bonds. The van der Waals surface area contributed by atoms with Gasteiger partial charge in [-0.3, -0.25) is 0 Å². The highest BCUT2D eigenvalue weighted by molar-refractivity contribution is 7.07. The minimum atomic E-state index is 0.644. The van der Waals surface area contributed by atoms with Gasteiger partial charge in [0.15, 0.2) is 5.82 Å². The summed E-state index contributed by atoms with van der Waals surface area (Å²) in [5, 5.41) is 2.08. The smallest absolute Gasteiger partial charge is 0.225 e. The summed E-state index contributed by atoms with van der Waals surface area (Å²) < 4.78 is 0. The lowest BCUT2D eigenvalue weighted by atomic mass is 10.2. The molecule has 3 heterocycles. The number of anilines is 1. The van der Waals surface area contributed by atoms with Crippen molar-refractivity contribution >= 4 is 17.3 Å². The fourth-order valence-electron chi connectivity index (χ4n) is 2.95. The van der Waals surface area contributed by atoms with Gasteiger partial charge in [0.2, 0.25) is 5.95 Å². The zero-order valence-electron chi connectivity index (χ0n) is 16.3. The van der Waals surface area contributed by atoms with Crippen molar-refractivity contribution in [1.82, 2.24) is 24.9 Å². The third-order valence-electron chi connectivity index (χ3n) is 4.61. The molecule has 0 aliphatic heterocycles. The normalized spacial score (nSPS) is 10.8. The Morgan fingerprint density at radius 3 is 2.24 bits per heavy atom. The van der Waals surface area contributed by atoms with E-state index < -0.39 is 0 Å². The summed E-state index contributed by atoms with van der Waals surface area (Å²) >= 11 is 1.61. The van der Waals surface area contributed by atoms with E-state index in [-0.39, 0.29) is 0 Å². The van der Waals surface area contributed by atoms with Crippen LogP contribution in [0.25, 0.3) is 11.4 Å². The molecule has 0 spiro atoms. The van der Waals surface area contributed by atoms with Gasteiger partial charge in [0, 0.05) is 60.8 Å². The number of rotatable bonds is 8. The quantitative estimate of drug-likeness (QED) is 0.440. The molecule has 29 heavy (non-hydrogen) atoms. The van der Waals surface area contributed by atoms with E-state index in [0.29, 0.717) is 12.5 Å². The zero-order chi connectivity index (χ0) is 19.9. The molecule has 0 aliphatic carbocycles. The maximum atomic E-state index is 4.57. The lowest BCUT2D eigenvalue weighted by Crippen LogP contribution is -2.27. The molecule has 4 rings (SSSR count). The Balaban J connectivity index is 1.52. The van der Waals surface area contributed by atoms with Gasteiger partial charge in [0.05, 0.1) is 11.2 Å². The Morgan fingerprint density at radius 2 is 1.59 bits per heavy atom. The molecule has 7 heteroatoms. The average molecular weight is 403 g/mol. The zero-order valence-corrected chi connectivity index (χ0v) is 17.1. The van der Waals surface area contributed by atoms with Crippen LogP contribution in [0, 0.1) is 0 Å². The Kier molecular flexibility index (Phi) is 6.16. The predicted molar refractivity (Wildman–Crippen MR) is 116 cm³/mol. The van der Waals surface area contributed by atoms with Gasteiger partial charge in [-0.05, 0) is 12.0 Å². The summed E-state index contributed by atoms with van der Waals surface area (Å²) in [5.74, 6) is 1.44. The van der Waals surface area contributed by atoms with Crippen molar-refractivity contribution in [3.63, 3.8) is 0 Å². The standard InChI is InChI=1S/C22H22N6S/c1-2-17-10-25-22(26-11-17)28(9-8-20-15-29-16-27-20)14-18-12-23-21(24-13-18)19-6-4-3-5-7-19/h3-7,10-13,15-16H,2,8-9,14H2,1H3. The van der Waals surface area contributed by atoms with E-state index >= 15 is 0 Å². The molecule has 0 atom stereocenters. The van der Waals surface area contributed by atoms with E-state index in [4.69, 9.17) is 0 Å². The average Bonchev–Trinajstić information content (AvgIpc) is 3.31. The number of aromatic nitrogens is 5. The number of hydrogen-bond acceptors (Lipinski definition) is 7. The van der Waals surface area contributed by atoms with Gasteiger partial charge in [-0.15, -0.1) is 11.3 Å². The Morgan fingerprint density at radius 1 is 0.862 bits per heavy atom. The summed E-state index contributed by atoms with van der Waals surface area (Å²) in [6, 6.07) is 9.99. The fraction of sp³-hybridized carbons (Fsp3) is 0.227. The van der Waals surface area contributed by atoms with Gasteiger partial charge in [0.1, 0.15) is 0 Å². The van der Waals surface area contributed by atoms with Crippen LogP contribution in [0.1, 0.15) is 23.7 Å². The van der Waals surface area contributed by atoms with Gasteiger partial charge >= 0.3 is 0 Å². The van der Waals surface area contributed by atoms with Gasteiger partial charge in [-0.25, -0.2) is 24.9 Å². The van der Waals surface area contributed by atoms with Crippen LogP contribution < -0.4 is 4.90 Å². The first-order chi connectivity index (χ1) is 14.3. The lowest BCUT2D eigenvalue weighted by molar-refractivity contribution is 0.739. The van der Waals surface area contributed by atoms with E-state index in [2.05, 4.69) is 42.1 Å². The maximum absolute atomic E-state index is 4.57. The van der Waals surface area contributed by atoms with E-state index in [0.717, 1.165) is 47.6 Å². The molecule has 0 radical (unpaired) electrons. The molecule has 0 unspecified atom stereocenters. The number of aryl methyl sites for hydroxylation is 1. The number of benzene rings is 1. The van der Waals surface area contributed by atoms with Crippen LogP contribution in [0.3, 0.4) is 0 Å². The maximum Gasteiger partial charge on any atom is 0.225 e. The van der Waals surface area contributed by atoms with Crippen LogP contribution >= 0.6 is 11.3 Å². The van der Waals surface area contributed by atoms with Crippen LogP contribution in [0.2, 0.25) is 0 Å². The minimum absolute atomic E-state index is 0.644. The molecule has 1 aromatic carbocycles. The van der Waals surface area contributed by atoms with Crippen LogP contribution in [0.5, 0.6) is 0 Å². The molecule has 0 bridgehead atoms. The monoisotopic (exact) mass is 402 g/mol. The third-order valence-corrected chi connectivity index (χ3v) is 5.25. The number of hydrogen-bond donors (Lipinski definition) is 0. The Hall–Kier alpha value is -3.19. The molecule has 3 aromatic heterocycles. The van der Waals surface area contributed by atoms with Gasteiger partial charge in [0.25, 0.3) is 0 Å². The van der Waals surface area contributed by atoms with Crippen LogP contribution in [-0.2, 0) is 19.4 Å². The van der Waals surface area contributed by atoms with E-state index in [9.17, 15) is 0 Å². The van der Waals surface area contributed by atoms with E-state index in [1.54, 1.807) is 11.3 Å². The van der Waals surface area contributed by atoms with Crippen molar-refractivity contribution in [2.24, 2.45) is 0 Å². The summed E-state index contributed by atoms with van der Waals surface area (Å²) in [5.41, 5.74) is 6.11. The predicted octanol–water partition coefficient (Wildman–Crippen LogP) is 4.20. The van der Waals surface area contributed by atoms with Crippen molar-refractivity contribution in [3.05, 3.63) is 82.8 Å². The van der Waals surface area contributed by atoms with E-state index in [1.807, 2.05) is 60.6 Å². The first-order valence-electron chi connectivity index (χ1n) is 9.61. The molecular weight excluding hydrogens is 380 g/mol. The Labute approximate surface area is 174 Å². The van der Waals surface area contributed by atoms with Crippen molar-refractivity contribution in [2.45, 2.75) is 26.3 Å². The second-order valence-electron chi connectivity index (χ2n) is 6.68. The largest absolute Gasteiger partial charge is 0.336 e. The van der Waals surface area contributed by atoms with Gasteiger partial charge < -0.3 is 4.90 Å². The Bertz CT molecular complexity index is 1000. The molecule has 4 aromatic rings. The van der Waals surface area contributed by atoms with Gasteiger partial charge in [-0.1, -0.05) is 37.3 Å². The van der Waals surface area contributed by atoms with Crippen LogP contribution in [0.15, 0.2) is 66.0 Å². The van der Waals surface area contributed by atoms with Crippen molar-refractivity contribution in [1.29, 1.82) is 0 Å². The van der Waals surface area contributed by atoms with E-state index in [1.165, 1.54) is 0 Å². The van der Waals surface area contributed by atoms with Gasteiger partial charge in [-0.2, -0.15) is 0 Å². The summed E-state index contributed by atoms with van der Waals surface area (Å²) in [6.07, 6.45) is 9.32. The van der Waals surface area contributed by atoms with Crippen LogP contribution in [-0.4, -0.2) is 31.5 Å². The highest BCUT2D eigenvalue weighted by atomic mass is 32.1. The molecule has 0 fully saturated rings. The molecule has 0 N–H and O–H groups in total. The summed E-state index contributed by atoms with van der Waals surface area (Å²) in [4.78, 5) is 24.8. The van der Waals surface area contributed by atoms with Crippen molar-refractivity contribution < 1.29 is 0 Å². The number of thiazole rings is 1. The molecule has 0 saturated heterocycles. The highest BCUT2D eigenvalue weighted by Crippen LogP contribution is 2.16. The molecule has 146 valence electrons. The fourth-order valence-corrected chi connectivity index (χ4v) is 3.54. The summed E-state index contributed by atoms with van der Waals surface area (Å²) in [6.45, 7) is 3.52. The molecule has 0 aliphatic rings. The second kappa shape index (κ2) is 9.34. The van der Waals surface area contributed by atoms with Crippen molar-refractivity contribution in [2.75, 3.05) is 11.4 Å². The second-order valence-corrected chi connectivity index (χ2v) is 7.40. The molecule has 0 saturated carbocycles. The minimum Gasteiger partial charge on any atom is -0.336 e. The SMILES string of the molecule is CCc1cnc(N(CCc2cscn2)Cc2cnc(-c3ccccc3)nc2)nc1. The third kappa shape index (κ3) is 5.00. The molecule has 6 nitrogen and oxygen atoms in total.